The highest BCUT2D eigenvalue weighted by Gasteiger charge is 2.20. The first-order valence-electron chi connectivity index (χ1n) is 7.50. The van der Waals surface area contributed by atoms with Crippen molar-refractivity contribution >= 4 is 18.5 Å². The van der Waals surface area contributed by atoms with Crippen molar-refractivity contribution < 1.29 is 4.79 Å². The Balaban J connectivity index is 1.88. The molecule has 0 aromatic heterocycles. The van der Waals surface area contributed by atoms with Crippen LogP contribution in [0.25, 0.3) is 0 Å². The minimum Gasteiger partial charge on any atom is -0.289 e. The Labute approximate surface area is 127 Å². The molecule has 20 heavy (non-hydrogen) atoms. The topological polar surface area (TPSA) is 32.3 Å². The molecule has 3 nitrogen and oxygen atoms in total. The molecule has 1 fully saturated rings. The molecule has 1 heterocycles. The summed E-state index contributed by atoms with van der Waals surface area (Å²) >= 11 is 4.34. The van der Waals surface area contributed by atoms with Gasteiger partial charge in [0.25, 0.3) is 0 Å². The van der Waals surface area contributed by atoms with E-state index < -0.39 is 0 Å². The van der Waals surface area contributed by atoms with Gasteiger partial charge in [0.1, 0.15) is 0 Å². The van der Waals surface area contributed by atoms with Crippen molar-refractivity contribution in [2.24, 2.45) is 5.92 Å². The number of nitrogens with zero attached hydrogens (tertiary/aromatic N) is 1. The molecular weight excluding hydrogens is 268 g/mol. The van der Waals surface area contributed by atoms with Gasteiger partial charge in [-0.25, -0.2) is 5.01 Å². The van der Waals surface area contributed by atoms with E-state index >= 15 is 0 Å². The molecule has 1 aliphatic heterocycles. The van der Waals surface area contributed by atoms with Crippen LogP contribution in [0.4, 0.5) is 0 Å². The van der Waals surface area contributed by atoms with Crippen LogP contribution in [-0.2, 0) is 11.2 Å². The fourth-order valence-corrected chi connectivity index (χ4v) is 2.86. The summed E-state index contributed by atoms with van der Waals surface area (Å²) in [4.78, 5) is 12.4. The van der Waals surface area contributed by atoms with E-state index in [1.54, 1.807) is 0 Å². The number of hydrogen-bond donors (Lipinski definition) is 2. The first-order valence-corrected chi connectivity index (χ1v) is 8.13. The first kappa shape index (κ1) is 15.4. The maximum absolute atomic E-state index is 12.4. The zero-order valence-electron chi connectivity index (χ0n) is 11.9. The zero-order valence-corrected chi connectivity index (χ0v) is 12.8. The lowest BCUT2D eigenvalue weighted by Gasteiger charge is -2.24. The second-order valence-electron chi connectivity index (χ2n) is 5.45. The number of hydrogen-bond acceptors (Lipinski definition) is 3. The van der Waals surface area contributed by atoms with Gasteiger partial charge in [0.15, 0.2) is 0 Å². The Morgan fingerprint density at radius 2 is 1.80 bits per heavy atom. The van der Waals surface area contributed by atoms with Crippen molar-refractivity contribution in [2.75, 3.05) is 18.8 Å². The predicted octanol–water partition coefficient (Wildman–Crippen LogP) is 2.68. The molecule has 1 N–H and O–H groups in total. The summed E-state index contributed by atoms with van der Waals surface area (Å²) in [5, 5.41) is 2.08. The number of nitrogens with one attached hydrogen (secondary N) is 1. The van der Waals surface area contributed by atoms with Crippen molar-refractivity contribution in [3.63, 3.8) is 0 Å². The number of carbonyl (C=O) groups is 1. The molecule has 0 saturated carbocycles. The SMILES string of the molecule is O=C(NN1CCCCCC1)C(CS)Cc1ccccc1. The average molecular weight is 292 g/mol. The van der Waals surface area contributed by atoms with Crippen molar-refractivity contribution in [1.29, 1.82) is 0 Å². The number of rotatable bonds is 5. The molecule has 1 atom stereocenters. The molecule has 0 spiro atoms. The minimum absolute atomic E-state index is 0.0658. The van der Waals surface area contributed by atoms with E-state index in [0.717, 1.165) is 19.5 Å². The molecule has 1 aromatic rings. The molecule has 0 radical (unpaired) electrons. The lowest BCUT2D eigenvalue weighted by Crippen LogP contribution is -2.46. The van der Waals surface area contributed by atoms with Crippen LogP contribution in [0.15, 0.2) is 30.3 Å². The van der Waals surface area contributed by atoms with Crippen molar-refractivity contribution in [2.45, 2.75) is 32.1 Å². The third-order valence-electron chi connectivity index (χ3n) is 3.79. The average Bonchev–Trinajstić information content (AvgIpc) is 2.74. The highest BCUT2D eigenvalue weighted by Crippen LogP contribution is 2.12. The van der Waals surface area contributed by atoms with Gasteiger partial charge in [-0.2, -0.15) is 12.6 Å². The Morgan fingerprint density at radius 1 is 1.15 bits per heavy atom. The Morgan fingerprint density at radius 3 is 2.40 bits per heavy atom. The van der Waals surface area contributed by atoms with Crippen molar-refractivity contribution in [1.82, 2.24) is 10.4 Å². The second kappa shape index (κ2) is 8.32. The summed E-state index contributed by atoms with van der Waals surface area (Å²) in [6, 6.07) is 10.1. The molecule has 0 bridgehead atoms. The quantitative estimate of drug-likeness (QED) is 0.818. The van der Waals surface area contributed by atoms with Gasteiger partial charge in [-0.15, -0.1) is 0 Å². The van der Waals surface area contributed by atoms with Crippen LogP contribution < -0.4 is 5.43 Å². The van der Waals surface area contributed by atoms with Gasteiger partial charge in [0, 0.05) is 18.8 Å². The summed E-state index contributed by atoms with van der Waals surface area (Å²) in [7, 11) is 0. The molecule has 110 valence electrons. The number of amides is 1. The summed E-state index contributed by atoms with van der Waals surface area (Å²) in [6.07, 6.45) is 5.64. The zero-order chi connectivity index (χ0) is 14.2. The standard InChI is InChI=1S/C16H24N2OS/c19-16(17-18-10-6-1-2-7-11-18)15(13-20)12-14-8-4-3-5-9-14/h3-5,8-9,15,20H,1-2,6-7,10-13H2,(H,17,19). The van der Waals surface area contributed by atoms with E-state index in [2.05, 4.69) is 35.2 Å². The van der Waals surface area contributed by atoms with Gasteiger partial charge in [0.2, 0.25) is 5.91 Å². The van der Waals surface area contributed by atoms with E-state index in [1.165, 1.54) is 31.2 Å². The maximum atomic E-state index is 12.4. The molecule has 1 aliphatic rings. The van der Waals surface area contributed by atoms with Crippen LogP contribution >= 0.6 is 12.6 Å². The number of carbonyl (C=O) groups excluding carboxylic acids is 1. The number of thiol groups is 1. The van der Waals surface area contributed by atoms with E-state index in [4.69, 9.17) is 0 Å². The van der Waals surface area contributed by atoms with Gasteiger partial charge in [-0.1, -0.05) is 43.2 Å². The normalized spacial score (nSPS) is 18.2. The van der Waals surface area contributed by atoms with Crippen LogP contribution in [-0.4, -0.2) is 29.8 Å². The fourth-order valence-electron chi connectivity index (χ4n) is 2.57. The first-order chi connectivity index (χ1) is 9.79. The molecule has 1 unspecified atom stereocenters. The molecule has 4 heteroatoms. The lowest BCUT2D eigenvalue weighted by molar-refractivity contribution is -0.129. The Bertz CT molecular complexity index is 402. The molecule has 1 amide bonds. The van der Waals surface area contributed by atoms with Crippen LogP contribution in [0.3, 0.4) is 0 Å². The van der Waals surface area contributed by atoms with E-state index in [1.807, 2.05) is 18.2 Å². The van der Waals surface area contributed by atoms with Gasteiger partial charge in [0.05, 0.1) is 5.92 Å². The molecule has 1 aromatic carbocycles. The van der Waals surface area contributed by atoms with E-state index in [0.29, 0.717) is 5.75 Å². The van der Waals surface area contributed by atoms with E-state index in [-0.39, 0.29) is 11.8 Å². The maximum Gasteiger partial charge on any atom is 0.238 e. The van der Waals surface area contributed by atoms with Crippen LogP contribution in [0, 0.1) is 5.92 Å². The Kier molecular flexibility index (Phi) is 6.40. The van der Waals surface area contributed by atoms with Gasteiger partial charge in [-0.05, 0) is 24.8 Å². The van der Waals surface area contributed by atoms with Crippen molar-refractivity contribution in [3.8, 4) is 0 Å². The second-order valence-corrected chi connectivity index (χ2v) is 5.81. The van der Waals surface area contributed by atoms with Crippen LogP contribution in [0.5, 0.6) is 0 Å². The minimum atomic E-state index is -0.0658. The van der Waals surface area contributed by atoms with E-state index in [9.17, 15) is 4.79 Å². The highest BCUT2D eigenvalue weighted by molar-refractivity contribution is 7.80. The highest BCUT2D eigenvalue weighted by atomic mass is 32.1. The predicted molar refractivity (Wildman–Crippen MR) is 85.7 cm³/mol. The third-order valence-corrected chi connectivity index (χ3v) is 4.23. The summed E-state index contributed by atoms with van der Waals surface area (Å²) in [5.74, 6) is 0.615. The summed E-state index contributed by atoms with van der Waals surface area (Å²) in [5.41, 5.74) is 4.27. The lowest BCUT2D eigenvalue weighted by atomic mass is 10.0. The number of hydrazine groups is 1. The van der Waals surface area contributed by atoms with Crippen LogP contribution in [0.2, 0.25) is 0 Å². The monoisotopic (exact) mass is 292 g/mol. The third kappa shape index (κ3) is 4.84. The van der Waals surface area contributed by atoms with Crippen molar-refractivity contribution in [3.05, 3.63) is 35.9 Å². The summed E-state index contributed by atoms with van der Waals surface area (Å²) in [6.45, 7) is 1.94. The largest absolute Gasteiger partial charge is 0.289 e. The molecular formula is C16H24N2OS. The molecule has 0 aliphatic carbocycles. The van der Waals surface area contributed by atoms with Gasteiger partial charge < -0.3 is 0 Å². The number of benzene rings is 1. The molecule has 2 rings (SSSR count). The van der Waals surface area contributed by atoms with Gasteiger partial charge in [-0.3, -0.25) is 10.2 Å². The smallest absolute Gasteiger partial charge is 0.238 e. The van der Waals surface area contributed by atoms with Crippen LogP contribution in [0.1, 0.15) is 31.2 Å². The fraction of sp³-hybridized carbons (Fsp3) is 0.562. The van der Waals surface area contributed by atoms with Gasteiger partial charge >= 0.3 is 0 Å². The Hall–Kier alpha value is -1.00. The molecule has 1 saturated heterocycles. The summed E-state index contributed by atoms with van der Waals surface area (Å²) < 4.78 is 0.